The van der Waals surface area contributed by atoms with E-state index in [9.17, 15) is 64.7 Å². The molecule has 3 N–H and O–H groups in total. The van der Waals surface area contributed by atoms with Crippen molar-refractivity contribution in [2.45, 2.75) is 93.2 Å². The molecule has 0 saturated carbocycles. The summed E-state index contributed by atoms with van der Waals surface area (Å²) < 4.78 is 102. The van der Waals surface area contributed by atoms with Crippen LogP contribution in [0.3, 0.4) is 0 Å². The molecule has 24 nitrogen and oxygen atoms in total. The normalized spacial score (nSPS) is 11.4. The molecule has 0 aliphatic carbocycles. The van der Waals surface area contributed by atoms with E-state index in [1.165, 1.54) is 25.6 Å². The number of aryl methyl sites for hydroxylation is 6. The number of amides is 1. The van der Waals surface area contributed by atoms with Gasteiger partial charge in [-0.1, -0.05) is 5.16 Å². The van der Waals surface area contributed by atoms with Crippen molar-refractivity contribution in [3.8, 4) is 0 Å². The van der Waals surface area contributed by atoms with Crippen LogP contribution in [0.5, 0.6) is 0 Å². The molecular weight excluding hydrogens is 1210 g/mol. The van der Waals surface area contributed by atoms with Gasteiger partial charge in [0, 0.05) is 70.7 Å². The summed E-state index contributed by atoms with van der Waals surface area (Å²) in [6, 6.07) is 5.32. The van der Waals surface area contributed by atoms with E-state index in [0.29, 0.717) is 37.6 Å². The van der Waals surface area contributed by atoms with Gasteiger partial charge in [-0.15, -0.1) is 0 Å². The van der Waals surface area contributed by atoms with Gasteiger partial charge in [0.05, 0.1) is 55.4 Å². The number of hydrogen-bond acceptors (Lipinski definition) is 20. The number of oxime groups is 1. The first-order valence-corrected chi connectivity index (χ1v) is 23.6. The summed E-state index contributed by atoms with van der Waals surface area (Å²) in [5.74, 6) is 1.47. The summed E-state index contributed by atoms with van der Waals surface area (Å²) in [7, 11) is 11.9. The van der Waals surface area contributed by atoms with Crippen molar-refractivity contribution in [3.05, 3.63) is 52.4 Å². The number of aldehydes is 1. The van der Waals surface area contributed by atoms with E-state index in [4.69, 9.17) is 6.07 Å². The number of hydrogen-bond donors (Lipinski definition) is 2. The van der Waals surface area contributed by atoms with E-state index in [2.05, 4.69) is 64.8 Å². The summed E-state index contributed by atoms with van der Waals surface area (Å²) in [5.41, 5.74) is 11.3. The monoisotopic (exact) mass is 1280 g/mol. The molecule has 1 saturated heterocycles. The van der Waals surface area contributed by atoms with Gasteiger partial charge in [-0.05, 0) is 82.0 Å². The number of piperazine rings is 1. The number of nitrogens with one attached hydrogen (secondary N) is 1. The molecule has 0 spiro atoms. The number of Topliss-reactive ketones (excluding diaryl/α,β-unsaturated/α-hetero) is 3. The second kappa shape index (κ2) is 48.1. The molecule has 11 radical (unpaired) electrons. The third-order valence-electron chi connectivity index (χ3n) is 8.62. The smallest absolute Gasteiger partial charge is 1.00 e. The largest absolute Gasteiger partial charge is 1.00 e. The van der Waals surface area contributed by atoms with Gasteiger partial charge in [-0.2, -0.15) is 64.0 Å². The van der Waals surface area contributed by atoms with Gasteiger partial charge >= 0.3 is 87.7 Å². The van der Waals surface area contributed by atoms with Gasteiger partial charge in [0.15, 0.2) is 17.7 Å². The number of halogens is 7. The van der Waals surface area contributed by atoms with Gasteiger partial charge in [0.1, 0.15) is 30.1 Å². The predicted octanol–water partition coefficient (Wildman–Crippen LogP) is -0.271. The van der Waals surface area contributed by atoms with Crippen molar-refractivity contribution >= 4 is 107 Å². The first-order valence-electron chi connectivity index (χ1n) is 22.9. The Hall–Kier alpha value is -4.45. The zero-order chi connectivity index (χ0) is 61.5. The third kappa shape index (κ3) is 39.1. The maximum absolute atomic E-state index is 12.5. The quantitative estimate of drug-likeness (QED) is 0.0169. The van der Waals surface area contributed by atoms with Gasteiger partial charge in [0.25, 0.3) is 6.10 Å². The molecule has 4 heterocycles. The van der Waals surface area contributed by atoms with E-state index in [0.717, 1.165) is 34.0 Å². The van der Waals surface area contributed by atoms with Crippen molar-refractivity contribution < 1.29 is 140 Å². The Kier molecular flexibility index (Phi) is 52.2. The zero-order valence-electron chi connectivity index (χ0n) is 48.3. The molecule has 3 aromatic heterocycles. The van der Waals surface area contributed by atoms with Crippen LogP contribution in [0.2, 0.25) is 0 Å². The van der Waals surface area contributed by atoms with E-state index < -0.39 is 42.3 Å². The first-order chi connectivity index (χ1) is 36.4. The Bertz CT molecular complexity index is 2320. The SMILES string of the molecule is CCOC(=O)/C(CC(C)=O)=N\OC.CCOC(=O)C(=O)CC(C)=O.CCOC(=O)c1cc(C)nn1C.CNN.Cc1cc(C=O)n(C)n1.Cc1cc(CN2CCN(C(=O)OC(C(F)(F)F)C(F)(F)F)CC2)n(C)n1.[2H][B].[B-].[B].[B]I.[K+]. The van der Waals surface area contributed by atoms with Gasteiger partial charge in [-0.25, -0.2) is 19.2 Å². The number of rotatable bonds is 15. The topological polar surface area (TPSA) is 293 Å². The summed E-state index contributed by atoms with van der Waals surface area (Å²) >= 11 is 1.65. The molecule has 0 unspecified atom stereocenters. The minimum absolute atomic E-state index is 0. The van der Waals surface area contributed by atoms with E-state index >= 15 is 0 Å². The number of ether oxygens (including phenoxy) is 4. The average Bonchev–Trinajstić information content (AvgIpc) is 4.00. The van der Waals surface area contributed by atoms with Crippen LogP contribution >= 0.6 is 22.4 Å². The number of carbonyl (C=O) groups is 8. The van der Waals surface area contributed by atoms with Crippen molar-refractivity contribution in [1.82, 2.24) is 44.6 Å². The van der Waals surface area contributed by atoms with Gasteiger partial charge in [-0.3, -0.25) is 49.4 Å². The summed E-state index contributed by atoms with van der Waals surface area (Å²) in [6.07, 6.45) is -16.8. The third-order valence-corrected chi connectivity index (χ3v) is 8.62. The second-order valence-corrected chi connectivity index (χ2v) is 15.1. The summed E-state index contributed by atoms with van der Waals surface area (Å²) in [5, 5.41) is 15.6. The van der Waals surface area contributed by atoms with Crippen molar-refractivity contribution in [2.24, 2.45) is 32.1 Å². The maximum Gasteiger partial charge on any atom is 1.00 e. The van der Waals surface area contributed by atoms with Crippen LogP contribution in [0.25, 0.3) is 0 Å². The number of ketones is 3. The fourth-order valence-corrected chi connectivity index (χ4v) is 5.58. The molecule has 4 rings (SSSR count). The minimum atomic E-state index is -5.72. The molecule has 439 valence electrons. The number of nitrogens with zero attached hydrogens (tertiary/aromatic N) is 9. The molecule has 1 amide bonds. The van der Waals surface area contributed by atoms with Crippen LogP contribution < -0.4 is 62.7 Å². The average molecular weight is 1280 g/mol. The Morgan fingerprint density at radius 1 is 0.787 bits per heavy atom. The van der Waals surface area contributed by atoms with Crippen LogP contribution in [0.15, 0.2) is 23.4 Å². The molecule has 3 aromatic rings. The zero-order valence-corrected chi connectivity index (χ0v) is 52.6. The number of nitrogens with two attached hydrogens (primary N) is 1. The Labute approximate surface area is 526 Å². The first kappa shape index (κ1) is 86.8. The molecule has 0 bridgehead atoms. The van der Waals surface area contributed by atoms with Crippen molar-refractivity contribution in [3.63, 3.8) is 0 Å². The van der Waals surface area contributed by atoms with Gasteiger partial charge in [0.2, 0.25) is 5.78 Å². The fourth-order valence-electron chi connectivity index (χ4n) is 5.58. The molecule has 1 aliphatic heterocycles. The Balaban J connectivity index is -0.000000172. The van der Waals surface area contributed by atoms with Crippen molar-refractivity contribution in [1.29, 1.82) is 1.34 Å². The standard InChI is InChI=1S/C14H18F6N4O2.C8H12N2O2.C8H13NO4.C7H10O4.C6H8N2O.CH6N2.BI.BH.2B.K/c1-9-7-10(22(2)21-9)8-23-3-5-24(6-4-23)12(25)26-11(13(15,16)17)14(18,19)20;1-4-12-8(11)7-5-6(2)9-10(7)3;1-4-13-8(11)7(9-12-3)5-6(2)10;1-3-11-7(10)6(9)4-5(2)8;1-5-3-6(4-9)8(2)7-5;1-3-2;1-2;;;;/h7,11H,3-6,8H2,1-2H3;5H,4H2,1-3H3;4-5H2,1-3H3;3-4H2,1-2H3;3-4H,1-2H3;3H,2H2,1H3;;1H;;;/q;;;;;;;;;-1;+1/b;;9-7-;;;;;;;;/i;;;;;;;1D;;;. The number of alkyl halides is 6. The molecule has 36 heteroatoms. The fraction of sp³-hybridized carbons (Fsp3) is 0.591. The molecular formula is C44H68B4F6IKN11O13. The van der Waals surface area contributed by atoms with E-state index in [1.807, 2.05) is 31.7 Å². The number of hydrazine groups is 1. The summed E-state index contributed by atoms with van der Waals surface area (Å²) in [4.78, 5) is 93.6. The molecule has 1 fully saturated rings. The number of aromatic nitrogens is 6. The Morgan fingerprint density at radius 3 is 1.55 bits per heavy atom. The van der Waals surface area contributed by atoms with Crippen LogP contribution in [-0.4, -0.2) is 203 Å². The summed E-state index contributed by atoms with van der Waals surface area (Å²) in [6.45, 7) is 15.0. The van der Waals surface area contributed by atoms with Crippen molar-refractivity contribution in [2.75, 3.05) is 60.2 Å². The number of esters is 3. The molecule has 0 atom stereocenters. The van der Waals surface area contributed by atoms with E-state index in [-0.39, 0.29) is 131 Å². The van der Waals surface area contributed by atoms with Crippen LogP contribution in [0.4, 0.5) is 31.1 Å². The molecule has 80 heavy (non-hydrogen) atoms. The van der Waals surface area contributed by atoms with Crippen LogP contribution in [-0.2, 0) is 75.4 Å². The van der Waals surface area contributed by atoms with Crippen LogP contribution in [0.1, 0.15) is 91.2 Å². The number of carbonyl (C=O) groups excluding carboxylic acids is 8. The maximum atomic E-state index is 12.5. The minimum Gasteiger partial charge on any atom is -1.00 e. The van der Waals surface area contributed by atoms with E-state index in [1.54, 1.807) is 92.8 Å². The molecule has 0 aromatic carbocycles. The van der Waals surface area contributed by atoms with Gasteiger partial charge < -0.3 is 37.1 Å². The predicted molar refractivity (Wildman–Crippen MR) is 289 cm³/mol. The Morgan fingerprint density at radius 2 is 1.21 bits per heavy atom. The van der Waals surface area contributed by atoms with Crippen LogP contribution in [0, 0.1) is 20.8 Å². The molecule has 1 aliphatic rings. The second-order valence-electron chi connectivity index (χ2n) is 15.1.